The Bertz CT molecular complexity index is 1120. The Hall–Kier alpha value is -1.92. The Balaban J connectivity index is 4.54. The van der Waals surface area contributed by atoms with Crippen molar-refractivity contribution in [3.05, 3.63) is 36.5 Å². The van der Waals surface area contributed by atoms with Crippen LogP contribution in [0.3, 0.4) is 0 Å². The molecule has 0 aliphatic heterocycles. The molecule has 0 saturated heterocycles. The highest BCUT2D eigenvalue weighted by Gasteiger charge is 2.24. The van der Waals surface area contributed by atoms with Gasteiger partial charge in [0.2, 0.25) is 5.91 Å². The summed E-state index contributed by atoms with van der Waals surface area (Å²) in [4.78, 5) is 26.3. The van der Waals surface area contributed by atoms with Crippen molar-refractivity contribution in [1.82, 2.24) is 5.32 Å². The van der Waals surface area contributed by atoms with Crippen LogP contribution in [0.1, 0.15) is 323 Å². The van der Waals surface area contributed by atoms with Crippen LogP contribution in [0.25, 0.3) is 0 Å². The summed E-state index contributed by atoms with van der Waals surface area (Å²) in [5.41, 5.74) is 0. The molecule has 0 radical (unpaired) electrons. The van der Waals surface area contributed by atoms with Gasteiger partial charge in [0.15, 0.2) is 0 Å². The van der Waals surface area contributed by atoms with Crippen LogP contribution in [0.15, 0.2) is 36.5 Å². The number of unbranched alkanes of at least 4 members (excludes halogenated alkanes) is 37. The number of hydrogen-bond acceptors (Lipinski definition) is 5. The Kier molecular flexibility index (Phi) is 54.4. The summed E-state index contributed by atoms with van der Waals surface area (Å²) < 4.78 is 5.96. The number of hydrogen-bond donors (Lipinski definition) is 3. The van der Waals surface area contributed by atoms with Crippen molar-refractivity contribution in [3.63, 3.8) is 0 Å². The molecule has 3 N–H and O–H groups in total. The molecule has 0 spiro atoms. The number of amides is 1. The summed E-state index contributed by atoms with van der Waals surface area (Å²) in [6.07, 6.45) is 67.9. The van der Waals surface area contributed by atoms with Gasteiger partial charge in [0, 0.05) is 6.42 Å². The van der Waals surface area contributed by atoms with Crippen LogP contribution in [-0.4, -0.2) is 46.9 Å². The second kappa shape index (κ2) is 56.0. The number of ether oxygens (including phenoxy) is 1. The van der Waals surface area contributed by atoms with E-state index in [1.54, 1.807) is 0 Å². The molecule has 0 aliphatic rings. The van der Waals surface area contributed by atoms with E-state index in [-0.39, 0.29) is 24.9 Å². The van der Waals surface area contributed by atoms with Crippen molar-refractivity contribution in [1.29, 1.82) is 0 Å². The zero-order chi connectivity index (χ0) is 49.5. The molecule has 0 fully saturated rings. The van der Waals surface area contributed by atoms with E-state index in [2.05, 4.69) is 62.5 Å². The minimum absolute atomic E-state index is 0.0564. The van der Waals surface area contributed by atoms with Crippen molar-refractivity contribution < 1.29 is 24.5 Å². The fourth-order valence-electron chi connectivity index (χ4n) is 9.38. The van der Waals surface area contributed by atoms with Crippen LogP contribution in [0.4, 0.5) is 0 Å². The number of rotatable bonds is 55. The highest BCUT2D eigenvalue weighted by Crippen LogP contribution is 2.19. The number of esters is 1. The second-order valence-electron chi connectivity index (χ2n) is 20.8. The standard InChI is InChI=1S/C62H117NO5/c1-4-7-10-13-16-19-22-25-28-30-31-34-37-40-43-46-49-52-55-62(67)68-58(53-50-47-44-41-38-35-32-27-24-21-18-15-12-9-6-3)56-61(66)63-59(57-64)60(65)54-51-48-45-42-39-36-33-29-26-23-20-17-14-11-8-5-2/h18,21,27,32,38,41,58-60,64-65H,4-17,19-20,22-26,28-31,33-37,39-40,42-57H2,1-3H3,(H,63,66)/b21-18-,32-27-,41-38-. The van der Waals surface area contributed by atoms with Gasteiger partial charge >= 0.3 is 5.97 Å². The first kappa shape index (κ1) is 66.1. The minimum Gasteiger partial charge on any atom is -0.462 e. The van der Waals surface area contributed by atoms with E-state index in [9.17, 15) is 19.8 Å². The lowest BCUT2D eigenvalue weighted by molar-refractivity contribution is -0.151. The SMILES string of the molecule is CCCCC/C=C\C/C=C\C/C=C\CCCCC(CC(=O)NC(CO)C(O)CCCCCCCCCCCCCCCCCC)OC(=O)CCCCCCCCCCCCCCCCCCCC. The van der Waals surface area contributed by atoms with Crippen molar-refractivity contribution in [2.45, 2.75) is 341 Å². The fraction of sp³-hybridized carbons (Fsp3) is 0.871. The predicted molar refractivity (Wildman–Crippen MR) is 296 cm³/mol. The predicted octanol–water partition coefficient (Wildman–Crippen LogP) is 18.8. The molecule has 1 amide bonds. The summed E-state index contributed by atoms with van der Waals surface area (Å²) >= 11 is 0. The lowest BCUT2D eigenvalue weighted by Gasteiger charge is -2.24. The van der Waals surface area contributed by atoms with Crippen LogP contribution < -0.4 is 5.32 Å². The first-order chi connectivity index (χ1) is 33.5. The number of aliphatic hydroxyl groups is 2. The smallest absolute Gasteiger partial charge is 0.306 e. The molecule has 68 heavy (non-hydrogen) atoms. The third-order valence-corrected chi connectivity index (χ3v) is 14.0. The van der Waals surface area contributed by atoms with Crippen LogP contribution in [0, 0.1) is 0 Å². The first-order valence-corrected chi connectivity index (χ1v) is 30.2. The molecular weight excluding hydrogens is 839 g/mol. The lowest BCUT2D eigenvalue weighted by atomic mass is 10.0. The van der Waals surface area contributed by atoms with Crippen molar-refractivity contribution in [2.24, 2.45) is 0 Å². The molecular formula is C62H117NO5. The van der Waals surface area contributed by atoms with Crippen LogP contribution in [-0.2, 0) is 14.3 Å². The monoisotopic (exact) mass is 956 g/mol. The fourth-order valence-corrected chi connectivity index (χ4v) is 9.38. The number of carbonyl (C=O) groups excluding carboxylic acids is 2. The maximum Gasteiger partial charge on any atom is 0.306 e. The third kappa shape index (κ3) is 50.5. The Morgan fingerprint density at radius 1 is 0.426 bits per heavy atom. The Morgan fingerprint density at radius 2 is 0.750 bits per heavy atom. The second-order valence-corrected chi connectivity index (χ2v) is 20.8. The number of allylic oxidation sites excluding steroid dienone is 6. The molecule has 0 aromatic heterocycles. The van der Waals surface area contributed by atoms with Crippen molar-refractivity contribution in [3.8, 4) is 0 Å². The summed E-state index contributed by atoms with van der Waals surface area (Å²) in [6.45, 7) is 6.49. The van der Waals surface area contributed by atoms with E-state index in [0.717, 1.165) is 70.6 Å². The van der Waals surface area contributed by atoms with Crippen LogP contribution >= 0.6 is 0 Å². The van der Waals surface area contributed by atoms with Gasteiger partial charge < -0.3 is 20.3 Å². The van der Waals surface area contributed by atoms with Gasteiger partial charge in [-0.05, 0) is 64.2 Å². The van der Waals surface area contributed by atoms with Crippen LogP contribution in [0.2, 0.25) is 0 Å². The molecule has 400 valence electrons. The molecule has 6 nitrogen and oxygen atoms in total. The van der Waals surface area contributed by atoms with E-state index in [4.69, 9.17) is 4.74 Å². The molecule has 0 aromatic rings. The van der Waals surface area contributed by atoms with Gasteiger partial charge in [0.25, 0.3) is 0 Å². The molecule has 3 unspecified atom stereocenters. The Labute approximate surface area is 424 Å². The number of nitrogens with one attached hydrogen (secondary N) is 1. The van der Waals surface area contributed by atoms with Crippen molar-refractivity contribution in [2.75, 3.05) is 6.61 Å². The van der Waals surface area contributed by atoms with Gasteiger partial charge in [-0.15, -0.1) is 0 Å². The summed E-state index contributed by atoms with van der Waals surface area (Å²) in [5.74, 6) is -0.493. The van der Waals surface area contributed by atoms with E-state index in [1.165, 1.54) is 205 Å². The zero-order valence-corrected chi connectivity index (χ0v) is 45.8. The molecule has 0 aliphatic carbocycles. The van der Waals surface area contributed by atoms with Gasteiger partial charge in [0.1, 0.15) is 6.10 Å². The normalized spacial score (nSPS) is 13.3. The van der Waals surface area contributed by atoms with Crippen LogP contribution in [0.5, 0.6) is 0 Å². The summed E-state index contributed by atoms with van der Waals surface area (Å²) in [6, 6.07) is -0.712. The molecule has 0 saturated carbocycles. The molecule has 0 heterocycles. The van der Waals surface area contributed by atoms with E-state index in [1.807, 2.05) is 0 Å². The molecule has 0 bridgehead atoms. The maximum atomic E-state index is 13.3. The van der Waals surface area contributed by atoms with Gasteiger partial charge in [-0.3, -0.25) is 9.59 Å². The van der Waals surface area contributed by atoms with E-state index >= 15 is 0 Å². The highest BCUT2D eigenvalue weighted by atomic mass is 16.5. The van der Waals surface area contributed by atoms with Crippen molar-refractivity contribution >= 4 is 11.9 Å². The topological polar surface area (TPSA) is 95.9 Å². The van der Waals surface area contributed by atoms with Gasteiger partial charge in [-0.1, -0.05) is 282 Å². The van der Waals surface area contributed by atoms with Gasteiger partial charge in [-0.25, -0.2) is 0 Å². The van der Waals surface area contributed by atoms with Gasteiger partial charge in [-0.2, -0.15) is 0 Å². The lowest BCUT2D eigenvalue weighted by Crippen LogP contribution is -2.46. The summed E-state index contributed by atoms with van der Waals surface area (Å²) in [7, 11) is 0. The molecule has 6 heteroatoms. The quantitative estimate of drug-likeness (QED) is 0.0321. The number of carbonyl (C=O) groups is 2. The average Bonchev–Trinajstić information content (AvgIpc) is 3.33. The molecule has 0 rings (SSSR count). The van der Waals surface area contributed by atoms with E-state index in [0.29, 0.717) is 19.3 Å². The molecule has 0 aromatic carbocycles. The highest BCUT2D eigenvalue weighted by molar-refractivity contribution is 5.77. The average molecular weight is 957 g/mol. The minimum atomic E-state index is -0.797. The third-order valence-electron chi connectivity index (χ3n) is 14.0. The van der Waals surface area contributed by atoms with Gasteiger partial charge in [0.05, 0.1) is 25.2 Å². The first-order valence-electron chi connectivity index (χ1n) is 30.2. The maximum absolute atomic E-state index is 13.3. The largest absolute Gasteiger partial charge is 0.462 e. The Morgan fingerprint density at radius 3 is 1.15 bits per heavy atom. The number of aliphatic hydroxyl groups excluding tert-OH is 2. The molecule has 3 atom stereocenters. The zero-order valence-electron chi connectivity index (χ0n) is 45.8. The summed E-state index contributed by atoms with van der Waals surface area (Å²) in [5, 5.41) is 23.9. The van der Waals surface area contributed by atoms with E-state index < -0.39 is 18.2 Å².